The SMILES string of the molecule is Cc1cc(C(=O)N2CCC[C@@H]2C(=O)[O-])c(C)o1. The molecule has 0 saturated carbocycles. The van der Waals surface area contributed by atoms with Crippen molar-refractivity contribution in [3.8, 4) is 0 Å². The van der Waals surface area contributed by atoms with Gasteiger partial charge in [-0.3, -0.25) is 4.79 Å². The minimum Gasteiger partial charge on any atom is -0.548 e. The number of carbonyl (C=O) groups is 2. The summed E-state index contributed by atoms with van der Waals surface area (Å²) in [5, 5.41) is 10.9. The van der Waals surface area contributed by atoms with Gasteiger partial charge in [-0.1, -0.05) is 0 Å². The fourth-order valence-corrected chi connectivity index (χ4v) is 2.25. The second kappa shape index (κ2) is 4.24. The van der Waals surface area contributed by atoms with Crippen LogP contribution in [-0.2, 0) is 4.79 Å². The molecule has 2 rings (SSSR count). The number of amides is 1. The first-order valence-electron chi connectivity index (χ1n) is 5.59. The summed E-state index contributed by atoms with van der Waals surface area (Å²) in [5.74, 6) is -0.300. The Morgan fingerprint density at radius 2 is 2.18 bits per heavy atom. The van der Waals surface area contributed by atoms with Crippen LogP contribution in [0, 0.1) is 13.8 Å². The number of aryl methyl sites for hydroxylation is 2. The van der Waals surface area contributed by atoms with Gasteiger partial charge < -0.3 is 19.2 Å². The van der Waals surface area contributed by atoms with Gasteiger partial charge in [0, 0.05) is 6.54 Å². The van der Waals surface area contributed by atoms with Gasteiger partial charge in [0.25, 0.3) is 5.91 Å². The molecule has 0 unspecified atom stereocenters. The third kappa shape index (κ3) is 2.05. The van der Waals surface area contributed by atoms with E-state index in [-0.39, 0.29) is 5.91 Å². The summed E-state index contributed by atoms with van der Waals surface area (Å²) in [6, 6.07) is 0.833. The number of aliphatic carboxylic acids is 1. The highest BCUT2D eigenvalue weighted by Gasteiger charge is 2.31. The smallest absolute Gasteiger partial charge is 0.257 e. The highest BCUT2D eigenvalue weighted by molar-refractivity contribution is 5.97. The van der Waals surface area contributed by atoms with Crippen molar-refractivity contribution < 1.29 is 19.1 Å². The van der Waals surface area contributed by atoms with E-state index in [9.17, 15) is 14.7 Å². The Kier molecular flexibility index (Phi) is 2.92. The van der Waals surface area contributed by atoms with Crippen LogP contribution in [0.2, 0.25) is 0 Å². The van der Waals surface area contributed by atoms with Crippen molar-refractivity contribution in [2.45, 2.75) is 32.7 Å². The van der Waals surface area contributed by atoms with E-state index in [0.29, 0.717) is 36.5 Å². The quantitative estimate of drug-likeness (QED) is 0.737. The van der Waals surface area contributed by atoms with Gasteiger partial charge in [0.2, 0.25) is 0 Å². The number of carbonyl (C=O) groups excluding carboxylic acids is 2. The molecule has 0 radical (unpaired) electrons. The summed E-state index contributed by atoms with van der Waals surface area (Å²) in [6.07, 6.45) is 1.16. The molecule has 0 spiro atoms. The van der Waals surface area contributed by atoms with Crippen molar-refractivity contribution >= 4 is 11.9 Å². The monoisotopic (exact) mass is 236 g/mol. The first kappa shape index (κ1) is 11.7. The van der Waals surface area contributed by atoms with Gasteiger partial charge in [0.05, 0.1) is 17.6 Å². The maximum atomic E-state index is 12.2. The van der Waals surface area contributed by atoms with Gasteiger partial charge >= 0.3 is 0 Å². The molecule has 5 nitrogen and oxygen atoms in total. The second-order valence-corrected chi connectivity index (χ2v) is 4.30. The van der Waals surface area contributed by atoms with E-state index in [1.807, 2.05) is 0 Å². The van der Waals surface area contributed by atoms with Gasteiger partial charge in [-0.15, -0.1) is 0 Å². The average Bonchev–Trinajstić information content (AvgIpc) is 2.83. The topological polar surface area (TPSA) is 73.6 Å². The molecule has 1 saturated heterocycles. The molecule has 1 atom stereocenters. The van der Waals surface area contributed by atoms with Gasteiger partial charge in [0.15, 0.2) is 0 Å². The molecule has 2 heterocycles. The molecule has 17 heavy (non-hydrogen) atoms. The number of hydrogen-bond donors (Lipinski definition) is 0. The zero-order chi connectivity index (χ0) is 12.6. The maximum absolute atomic E-state index is 12.2. The van der Waals surface area contributed by atoms with Crippen LogP contribution in [0.5, 0.6) is 0 Å². The highest BCUT2D eigenvalue weighted by Crippen LogP contribution is 2.22. The maximum Gasteiger partial charge on any atom is 0.257 e. The molecule has 1 aliphatic rings. The molecule has 0 N–H and O–H groups in total. The summed E-state index contributed by atoms with van der Waals surface area (Å²) in [4.78, 5) is 24.4. The van der Waals surface area contributed by atoms with Crippen molar-refractivity contribution in [2.24, 2.45) is 0 Å². The van der Waals surface area contributed by atoms with Gasteiger partial charge in [0.1, 0.15) is 11.5 Å². The number of rotatable bonds is 2. The summed E-state index contributed by atoms with van der Waals surface area (Å²) in [6.45, 7) is 3.91. The van der Waals surface area contributed by atoms with Crippen LogP contribution in [0.3, 0.4) is 0 Å². The minimum atomic E-state index is -1.19. The standard InChI is InChI=1S/C12H15NO4/c1-7-6-9(8(2)17-7)11(14)13-5-3-4-10(13)12(15)16/h6,10H,3-5H2,1-2H3,(H,15,16)/p-1/t10-/m1/s1. The molecule has 0 bridgehead atoms. The first-order valence-corrected chi connectivity index (χ1v) is 5.59. The van der Waals surface area contributed by atoms with Crippen molar-refractivity contribution in [3.63, 3.8) is 0 Å². The fourth-order valence-electron chi connectivity index (χ4n) is 2.25. The summed E-state index contributed by atoms with van der Waals surface area (Å²) in [7, 11) is 0. The first-order chi connectivity index (χ1) is 8.00. The number of hydrogen-bond acceptors (Lipinski definition) is 4. The van der Waals surface area contributed by atoms with Crippen molar-refractivity contribution in [2.75, 3.05) is 6.54 Å². The van der Waals surface area contributed by atoms with Gasteiger partial charge in [-0.25, -0.2) is 0 Å². The average molecular weight is 236 g/mol. The predicted molar refractivity (Wildman–Crippen MR) is 57.2 cm³/mol. The third-order valence-electron chi connectivity index (χ3n) is 3.06. The number of carboxylic acids is 1. The van der Waals surface area contributed by atoms with Crippen molar-refractivity contribution in [3.05, 3.63) is 23.2 Å². The third-order valence-corrected chi connectivity index (χ3v) is 3.06. The molecular weight excluding hydrogens is 222 g/mol. The Bertz CT molecular complexity index is 463. The predicted octanol–water partition coefficient (Wildman–Crippen LogP) is 0.251. The Hall–Kier alpha value is -1.78. The molecule has 1 amide bonds. The molecule has 1 aromatic rings. The summed E-state index contributed by atoms with van der Waals surface area (Å²) in [5.41, 5.74) is 0.440. The molecule has 1 fully saturated rings. The number of nitrogens with zero attached hydrogens (tertiary/aromatic N) is 1. The lowest BCUT2D eigenvalue weighted by atomic mass is 10.2. The van der Waals surface area contributed by atoms with Crippen LogP contribution < -0.4 is 5.11 Å². The Labute approximate surface area is 99.0 Å². The normalized spacial score (nSPS) is 19.6. The van der Waals surface area contributed by atoms with Gasteiger partial charge in [-0.05, 0) is 32.8 Å². The second-order valence-electron chi connectivity index (χ2n) is 4.30. The Morgan fingerprint density at radius 1 is 1.47 bits per heavy atom. The van der Waals surface area contributed by atoms with Crippen LogP contribution in [0.25, 0.3) is 0 Å². The lowest BCUT2D eigenvalue weighted by molar-refractivity contribution is -0.310. The number of carboxylic acid groups (broad SMARTS) is 1. The summed E-state index contributed by atoms with van der Waals surface area (Å²) < 4.78 is 5.28. The van der Waals surface area contributed by atoms with E-state index >= 15 is 0 Å². The van der Waals surface area contributed by atoms with E-state index in [1.54, 1.807) is 19.9 Å². The van der Waals surface area contributed by atoms with Crippen LogP contribution in [0.15, 0.2) is 10.5 Å². The van der Waals surface area contributed by atoms with Crippen molar-refractivity contribution in [1.82, 2.24) is 4.90 Å². The largest absolute Gasteiger partial charge is 0.548 e. The van der Waals surface area contributed by atoms with Crippen LogP contribution in [0.1, 0.15) is 34.7 Å². The molecule has 1 aliphatic heterocycles. The Balaban J connectivity index is 2.25. The molecule has 1 aromatic heterocycles. The van der Waals surface area contributed by atoms with Gasteiger partial charge in [-0.2, -0.15) is 0 Å². The molecule has 5 heteroatoms. The molecular formula is C12H14NO4-. The lowest BCUT2D eigenvalue weighted by Crippen LogP contribution is -2.47. The molecule has 0 aliphatic carbocycles. The summed E-state index contributed by atoms with van der Waals surface area (Å²) >= 11 is 0. The van der Waals surface area contributed by atoms with E-state index < -0.39 is 12.0 Å². The molecule has 92 valence electrons. The van der Waals surface area contributed by atoms with E-state index in [4.69, 9.17) is 4.42 Å². The zero-order valence-electron chi connectivity index (χ0n) is 9.86. The van der Waals surface area contributed by atoms with Crippen LogP contribution in [0.4, 0.5) is 0 Å². The van der Waals surface area contributed by atoms with E-state index in [0.717, 1.165) is 0 Å². The van der Waals surface area contributed by atoms with Crippen LogP contribution >= 0.6 is 0 Å². The lowest BCUT2D eigenvalue weighted by Gasteiger charge is -2.25. The fraction of sp³-hybridized carbons (Fsp3) is 0.500. The number of furan rings is 1. The van der Waals surface area contributed by atoms with E-state index in [1.165, 1.54) is 4.90 Å². The van der Waals surface area contributed by atoms with Crippen LogP contribution in [-0.4, -0.2) is 29.4 Å². The highest BCUT2D eigenvalue weighted by atomic mass is 16.4. The van der Waals surface area contributed by atoms with E-state index in [2.05, 4.69) is 0 Å². The Morgan fingerprint density at radius 3 is 2.71 bits per heavy atom. The van der Waals surface area contributed by atoms with Crippen molar-refractivity contribution in [1.29, 1.82) is 0 Å². The number of likely N-dealkylation sites (tertiary alicyclic amines) is 1. The minimum absolute atomic E-state index is 0.286. The zero-order valence-corrected chi connectivity index (χ0v) is 9.86. The molecule has 0 aromatic carbocycles.